The third-order valence-corrected chi connectivity index (χ3v) is 2.39. The summed E-state index contributed by atoms with van der Waals surface area (Å²) in [6.07, 6.45) is 0. The number of rotatable bonds is 2. The first-order valence-corrected chi connectivity index (χ1v) is 7.76. The lowest BCUT2D eigenvalue weighted by atomic mass is 10.3. The minimum Gasteiger partial charge on any atom is -0.540 e. The van der Waals surface area contributed by atoms with Crippen LogP contribution in [0.4, 0.5) is 22.0 Å². The molecule has 1 aromatic carbocycles. The number of hydrogen-bond donors (Lipinski definition) is 0. The van der Waals surface area contributed by atoms with Crippen molar-refractivity contribution < 1.29 is 26.4 Å². The second-order valence-electron chi connectivity index (χ2n) is 4.11. The van der Waals surface area contributed by atoms with Gasteiger partial charge in [-0.05, 0) is 19.6 Å². The van der Waals surface area contributed by atoms with Crippen molar-refractivity contribution in [2.45, 2.75) is 19.6 Å². The highest BCUT2D eigenvalue weighted by atomic mass is 28.4. The quantitative estimate of drug-likeness (QED) is 0.340. The molecule has 0 atom stereocenters. The molecule has 0 radical (unpaired) electrons. The van der Waals surface area contributed by atoms with E-state index in [0.717, 1.165) is 0 Å². The highest BCUT2D eigenvalue weighted by Crippen LogP contribution is 2.30. The Morgan fingerprint density at radius 1 is 0.688 bits per heavy atom. The van der Waals surface area contributed by atoms with Crippen molar-refractivity contribution in [1.29, 1.82) is 0 Å². The van der Waals surface area contributed by atoms with Gasteiger partial charge in [0.1, 0.15) is 0 Å². The Balaban J connectivity index is 3.40. The van der Waals surface area contributed by atoms with E-state index >= 15 is 0 Å². The van der Waals surface area contributed by atoms with Crippen LogP contribution in [0.2, 0.25) is 19.6 Å². The molecule has 0 unspecified atom stereocenters. The fourth-order valence-electron chi connectivity index (χ4n) is 0.981. The summed E-state index contributed by atoms with van der Waals surface area (Å²) < 4.78 is 69.2. The molecule has 0 aromatic heterocycles. The Morgan fingerprint density at radius 2 is 1.00 bits per heavy atom. The van der Waals surface area contributed by atoms with E-state index in [0.29, 0.717) is 0 Å². The normalized spacial score (nSPS) is 11.8. The van der Waals surface area contributed by atoms with Crippen molar-refractivity contribution in [3.8, 4) is 5.75 Å². The van der Waals surface area contributed by atoms with E-state index in [1.807, 2.05) is 0 Å². The summed E-state index contributed by atoms with van der Waals surface area (Å²) >= 11 is 0. The molecule has 0 spiro atoms. The fourth-order valence-corrected chi connectivity index (χ4v) is 1.77. The van der Waals surface area contributed by atoms with Gasteiger partial charge in [-0.1, -0.05) is 0 Å². The van der Waals surface area contributed by atoms with Crippen LogP contribution in [0.15, 0.2) is 0 Å². The molecule has 1 aromatic rings. The van der Waals surface area contributed by atoms with Crippen LogP contribution in [0.25, 0.3) is 0 Å². The zero-order valence-electron chi connectivity index (χ0n) is 8.80. The van der Waals surface area contributed by atoms with Gasteiger partial charge in [-0.2, -0.15) is 8.78 Å². The minimum atomic E-state index is -2.46. The van der Waals surface area contributed by atoms with Crippen LogP contribution in [0.3, 0.4) is 0 Å². The fraction of sp³-hybridized carbons (Fsp3) is 0.333. The predicted molar refractivity (Wildman–Crippen MR) is 50.2 cm³/mol. The standard InChI is InChI=1S/C9H9F5OSi/c1-16(2,3)15-9-7(13)5(11)4(10)6(12)8(9)14/h1-3H3. The third kappa shape index (κ3) is 2.34. The van der Waals surface area contributed by atoms with Crippen LogP contribution >= 0.6 is 0 Å². The number of benzene rings is 1. The maximum atomic E-state index is 13.1. The highest BCUT2D eigenvalue weighted by Gasteiger charge is 2.30. The lowest BCUT2D eigenvalue weighted by Gasteiger charge is -2.20. The van der Waals surface area contributed by atoms with Gasteiger partial charge in [0, 0.05) is 0 Å². The molecule has 0 heterocycles. The smallest absolute Gasteiger partial charge is 0.242 e. The first kappa shape index (κ1) is 13.0. The molecular formula is C9H9F5OSi. The Hall–Kier alpha value is -1.11. The predicted octanol–water partition coefficient (Wildman–Crippen LogP) is 3.60. The van der Waals surface area contributed by atoms with Gasteiger partial charge in [-0.3, -0.25) is 0 Å². The van der Waals surface area contributed by atoms with E-state index < -0.39 is 43.2 Å². The van der Waals surface area contributed by atoms with E-state index in [2.05, 4.69) is 0 Å². The molecule has 1 nitrogen and oxygen atoms in total. The topological polar surface area (TPSA) is 9.23 Å². The summed E-state index contributed by atoms with van der Waals surface area (Å²) in [6.45, 7) is 4.68. The summed E-state index contributed by atoms with van der Waals surface area (Å²) in [7, 11) is -2.46. The molecule has 1 rings (SSSR count). The lowest BCUT2D eigenvalue weighted by molar-refractivity contribution is 0.346. The molecule has 0 aliphatic heterocycles. The summed E-state index contributed by atoms with van der Waals surface area (Å²) in [5.41, 5.74) is 0. The molecule has 0 amide bonds. The first-order valence-electron chi connectivity index (χ1n) is 4.35. The molecule has 0 bridgehead atoms. The van der Waals surface area contributed by atoms with Crippen LogP contribution in [0.5, 0.6) is 5.75 Å². The third-order valence-electron chi connectivity index (χ3n) is 1.58. The molecule has 90 valence electrons. The molecular weight excluding hydrogens is 247 g/mol. The van der Waals surface area contributed by atoms with Crippen molar-refractivity contribution in [3.05, 3.63) is 29.1 Å². The van der Waals surface area contributed by atoms with Crippen LogP contribution < -0.4 is 4.43 Å². The summed E-state index contributed by atoms with van der Waals surface area (Å²) in [4.78, 5) is 0. The summed E-state index contributed by atoms with van der Waals surface area (Å²) in [5.74, 6) is -11.2. The molecule has 0 N–H and O–H groups in total. The van der Waals surface area contributed by atoms with E-state index in [9.17, 15) is 22.0 Å². The van der Waals surface area contributed by atoms with Gasteiger partial charge >= 0.3 is 0 Å². The zero-order valence-corrected chi connectivity index (χ0v) is 9.80. The summed E-state index contributed by atoms with van der Waals surface area (Å²) in [6, 6.07) is 0. The van der Waals surface area contributed by atoms with E-state index in [1.54, 1.807) is 19.6 Å². The van der Waals surface area contributed by atoms with Gasteiger partial charge in [-0.25, -0.2) is 13.2 Å². The number of hydrogen-bond acceptors (Lipinski definition) is 1. The van der Waals surface area contributed by atoms with Crippen LogP contribution in [-0.2, 0) is 0 Å². The van der Waals surface area contributed by atoms with Crippen molar-refractivity contribution in [2.24, 2.45) is 0 Å². The Labute approximate surface area is 90.0 Å². The second kappa shape index (κ2) is 4.04. The Kier molecular flexibility index (Phi) is 3.27. The van der Waals surface area contributed by atoms with E-state index in [1.165, 1.54) is 0 Å². The van der Waals surface area contributed by atoms with Crippen molar-refractivity contribution >= 4 is 8.32 Å². The average Bonchev–Trinajstić information content (AvgIpc) is 2.17. The first-order chi connectivity index (χ1) is 7.15. The van der Waals surface area contributed by atoms with Crippen LogP contribution in [0.1, 0.15) is 0 Å². The monoisotopic (exact) mass is 256 g/mol. The Morgan fingerprint density at radius 3 is 1.31 bits per heavy atom. The average molecular weight is 256 g/mol. The van der Waals surface area contributed by atoms with Gasteiger partial charge in [-0.15, -0.1) is 0 Å². The molecule has 0 aliphatic rings. The second-order valence-corrected chi connectivity index (χ2v) is 8.54. The minimum absolute atomic E-state index is 1.20. The lowest BCUT2D eigenvalue weighted by Crippen LogP contribution is -2.30. The van der Waals surface area contributed by atoms with Crippen molar-refractivity contribution in [2.75, 3.05) is 0 Å². The van der Waals surface area contributed by atoms with Gasteiger partial charge in [0.15, 0.2) is 5.75 Å². The maximum Gasteiger partial charge on any atom is 0.242 e. The number of halogens is 5. The Bertz CT molecular complexity index is 398. The van der Waals surface area contributed by atoms with E-state index in [-0.39, 0.29) is 0 Å². The zero-order chi connectivity index (χ0) is 12.7. The van der Waals surface area contributed by atoms with Crippen molar-refractivity contribution in [1.82, 2.24) is 0 Å². The molecule has 0 fully saturated rings. The van der Waals surface area contributed by atoms with Gasteiger partial charge in [0.25, 0.3) is 0 Å². The highest BCUT2D eigenvalue weighted by molar-refractivity contribution is 6.70. The molecule has 0 saturated carbocycles. The molecule has 0 saturated heterocycles. The summed E-state index contributed by atoms with van der Waals surface area (Å²) in [5, 5.41) is 0. The molecule has 16 heavy (non-hydrogen) atoms. The largest absolute Gasteiger partial charge is 0.540 e. The van der Waals surface area contributed by atoms with Gasteiger partial charge in [0.2, 0.25) is 37.4 Å². The van der Waals surface area contributed by atoms with Gasteiger partial charge < -0.3 is 4.43 Å². The van der Waals surface area contributed by atoms with Crippen molar-refractivity contribution in [3.63, 3.8) is 0 Å². The molecule has 0 aliphatic carbocycles. The maximum absolute atomic E-state index is 13.1. The van der Waals surface area contributed by atoms with Gasteiger partial charge in [0.05, 0.1) is 0 Å². The molecule has 7 heteroatoms. The van der Waals surface area contributed by atoms with Crippen LogP contribution in [0, 0.1) is 29.1 Å². The SMILES string of the molecule is C[Si](C)(C)Oc1c(F)c(F)c(F)c(F)c1F. The van der Waals surface area contributed by atoms with E-state index in [4.69, 9.17) is 4.43 Å². The van der Waals surface area contributed by atoms with Crippen LogP contribution in [-0.4, -0.2) is 8.32 Å².